The second-order valence-corrected chi connectivity index (χ2v) is 6.87. The fourth-order valence-corrected chi connectivity index (χ4v) is 4.12. The Bertz CT molecular complexity index is 538. The molecule has 1 aliphatic carbocycles. The van der Waals surface area contributed by atoms with Crippen molar-refractivity contribution in [2.45, 2.75) is 49.5 Å². The minimum absolute atomic E-state index is 0.0873. The summed E-state index contributed by atoms with van der Waals surface area (Å²) >= 11 is 0. The monoisotopic (exact) mass is 284 g/mol. The molecule has 4 N–H and O–H groups in total. The molecule has 0 spiro atoms. The third-order valence-corrected chi connectivity index (χ3v) is 5.20. The molecule has 1 aromatic rings. The number of hydrogen-bond donors (Lipinski definition) is 3. The first-order valence-electron chi connectivity index (χ1n) is 6.42. The van der Waals surface area contributed by atoms with Crippen LogP contribution < -0.4 is 16.0 Å². The van der Waals surface area contributed by atoms with Crippen molar-refractivity contribution in [2.75, 3.05) is 5.43 Å². The third-order valence-electron chi connectivity index (χ3n) is 3.53. The van der Waals surface area contributed by atoms with Gasteiger partial charge in [-0.1, -0.05) is 19.3 Å². The molecule has 0 unspecified atom stereocenters. The molecule has 0 aliphatic heterocycles. The van der Waals surface area contributed by atoms with Gasteiger partial charge in [-0.25, -0.2) is 24.0 Å². The van der Waals surface area contributed by atoms with E-state index in [0.29, 0.717) is 0 Å². The summed E-state index contributed by atoms with van der Waals surface area (Å²) in [6.45, 7) is 1.95. The standard InChI is InChI=1S/C12H20N4O2S/c1-12(7-3-2-4-8-12)16-19(17,18)10-6-5-9-14-11(10)15-13/h5-6,9,16H,2-4,7-8,13H2,1H3,(H,14,15). The van der Waals surface area contributed by atoms with E-state index < -0.39 is 10.0 Å². The number of hydrogen-bond acceptors (Lipinski definition) is 5. The van der Waals surface area contributed by atoms with Crippen molar-refractivity contribution in [2.24, 2.45) is 5.84 Å². The van der Waals surface area contributed by atoms with E-state index >= 15 is 0 Å². The van der Waals surface area contributed by atoms with Crippen LogP contribution >= 0.6 is 0 Å². The van der Waals surface area contributed by atoms with E-state index in [-0.39, 0.29) is 16.3 Å². The van der Waals surface area contributed by atoms with E-state index in [1.165, 1.54) is 18.7 Å². The molecule has 7 heteroatoms. The van der Waals surface area contributed by atoms with Crippen LogP contribution in [0, 0.1) is 0 Å². The summed E-state index contributed by atoms with van der Waals surface area (Å²) in [5, 5.41) is 0. The molecule has 0 bridgehead atoms. The van der Waals surface area contributed by atoms with Crippen LogP contribution in [-0.2, 0) is 10.0 Å². The van der Waals surface area contributed by atoms with Gasteiger partial charge in [0, 0.05) is 11.7 Å². The molecule has 19 heavy (non-hydrogen) atoms. The zero-order valence-corrected chi connectivity index (χ0v) is 11.8. The van der Waals surface area contributed by atoms with Gasteiger partial charge in [-0.3, -0.25) is 0 Å². The quantitative estimate of drug-likeness (QED) is 0.573. The number of anilines is 1. The van der Waals surface area contributed by atoms with Crippen LogP contribution in [0.3, 0.4) is 0 Å². The van der Waals surface area contributed by atoms with Crippen LogP contribution in [-0.4, -0.2) is 18.9 Å². The number of sulfonamides is 1. The van der Waals surface area contributed by atoms with Crippen molar-refractivity contribution in [3.05, 3.63) is 18.3 Å². The average molecular weight is 284 g/mol. The lowest BCUT2D eigenvalue weighted by molar-refractivity contribution is 0.294. The Morgan fingerprint density at radius 3 is 2.63 bits per heavy atom. The van der Waals surface area contributed by atoms with Gasteiger partial charge in [0.25, 0.3) is 0 Å². The van der Waals surface area contributed by atoms with E-state index in [1.54, 1.807) is 6.07 Å². The Labute approximate surface area is 113 Å². The molecule has 2 rings (SSSR count). The van der Waals surface area contributed by atoms with Gasteiger partial charge in [0.1, 0.15) is 4.90 Å². The Kier molecular flexibility index (Phi) is 4.07. The molecule has 1 saturated carbocycles. The van der Waals surface area contributed by atoms with Crippen molar-refractivity contribution >= 4 is 15.8 Å². The lowest BCUT2D eigenvalue weighted by atomic mass is 9.84. The van der Waals surface area contributed by atoms with Crippen LogP contribution in [0.4, 0.5) is 5.82 Å². The van der Waals surface area contributed by atoms with E-state index in [0.717, 1.165) is 25.7 Å². The second-order valence-electron chi connectivity index (χ2n) is 5.22. The van der Waals surface area contributed by atoms with E-state index in [9.17, 15) is 8.42 Å². The van der Waals surface area contributed by atoms with Gasteiger partial charge in [0.2, 0.25) is 10.0 Å². The average Bonchev–Trinajstić information content (AvgIpc) is 2.38. The van der Waals surface area contributed by atoms with Crippen molar-refractivity contribution < 1.29 is 8.42 Å². The van der Waals surface area contributed by atoms with Crippen LogP contribution in [0.25, 0.3) is 0 Å². The molecule has 0 atom stereocenters. The summed E-state index contributed by atoms with van der Waals surface area (Å²) in [4.78, 5) is 4.01. The fraction of sp³-hybridized carbons (Fsp3) is 0.583. The maximum atomic E-state index is 12.4. The summed E-state index contributed by atoms with van der Waals surface area (Å²) in [5.74, 6) is 5.47. The van der Waals surface area contributed by atoms with Gasteiger partial charge in [0.15, 0.2) is 5.82 Å². The first-order chi connectivity index (χ1) is 8.97. The Balaban J connectivity index is 2.27. The molecule has 0 amide bonds. The summed E-state index contributed by atoms with van der Waals surface area (Å²) < 4.78 is 27.7. The van der Waals surface area contributed by atoms with Gasteiger partial charge < -0.3 is 5.43 Å². The predicted octanol–water partition coefficient (Wildman–Crippen LogP) is 1.37. The van der Waals surface area contributed by atoms with Crippen LogP contribution in [0.5, 0.6) is 0 Å². The Morgan fingerprint density at radius 2 is 2.00 bits per heavy atom. The number of hydrazine groups is 1. The smallest absolute Gasteiger partial charge is 0.244 e. The van der Waals surface area contributed by atoms with Crippen LogP contribution in [0.15, 0.2) is 23.2 Å². The number of nitrogens with zero attached hydrogens (tertiary/aromatic N) is 1. The lowest BCUT2D eigenvalue weighted by Gasteiger charge is -2.34. The molecule has 1 fully saturated rings. The van der Waals surface area contributed by atoms with Gasteiger partial charge >= 0.3 is 0 Å². The summed E-state index contributed by atoms with van der Waals surface area (Å²) in [5.41, 5.74) is 1.94. The number of nitrogen functional groups attached to an aromatic ring is 1. The molecule has 1 aliphatic rings. The maximum Gasteiger partial charge on any atom is 0.244 e. The first-order valence-corrected chi connectivity index (χ1v) is 7.91. The lowest BCUT2D eigenvalue weighted by Crippen LogP contribution is -2.47. The molecule has 6 nitrogen and oxygen atoms in total. The Morgan fingerprint density at radius 1 is 1.32 bits per heavy atom. The van der Waals surface area contributed by atoms with Crippen LogP contribution in [0.1, 0.15) is 39.0 Å². The summed E-state index contributed by atoms with van der Waals surface area (Å²) in [6, 6.07) is 3.08. The molecule has 0 aromatic carbocycles. The van der Waals surface area contributed by atoms with Crippen molar-refractivity contribution in [1.29, 1.82) is 0 Å². The van der Waals surface area contributed by atoms with Gasteiger partial charge in [-0.05, 0) is 31.9 Å². The predicted molar refractivity (Wildman–Crippen MR) is 73.9 cm³/mol. The second kappa shape index (κ2) is 5.44. The molecule has 0 radical (unpaired) electrons. The zero-order chi connectivity index (χ0) is 13.9. The molecule has 0 saturated heterocycles. The number of pyridine rings is 1. The van der Waals surface area contributed by atoms with Crippen LogP contribution in [0.2, 0.25) is 0 Å². The molecule has 1 heterocycles. The van der Waals surface area contributed by atoms with Crippen molar-refractivity contribution in [1.82, 2.24) is 9.71 Å². The van der Waals surface area contributed by atoms with Gasteiger partial charge in [-0.15, -0.1) is 0 Å². The fourth-order valence-electron chi connectivity index (χ4n) is 2.53. The highest BCUT2D eigenvalue weighted by molar-refractivity contribution is 7.89. The number of nitrogens with one attached hydrogen (secondary N) is 2. The van der Waals surface area contributed by atoms with Gasteiger partial charge in [0.05, 0.1) is 0 Å². The zero-order valence-electron chi connectivity index (χ0n) is 11.0. The van der Waals surface area contributed by atoms with E-state index in [2.05, 4.69) is 15.1 Å². The highest BCUT2D eigenvalue weighted by Gasteiger charge is 2.33. The molecule has 106 valence electrons. The minimum Gasteiger partial charge on any atom is -0.307 e. The summed E-state index contributed by atoms with van der Waals surface area (Å²) in [6.07, 6.45) is 6.48. The summed E-state index contributed by atoms with van der Waals surface area (Å²) in [7, 11) is -3.62. The maximum absolute atomic E-state index is 12.4. The normalized spacial score (nSPS) is 19.1. The van der Waals surface area contributed by atoms with Crippen molar-refractivity contribution in [3.8, 4) is 0 Å². The topological polar surface area (TPSA) is 97.1 Å². The number of aromatic nitrogens is 1. The molecular weight excluding hydrogens is 264 g/mol. The number of nitrogens with two attached hydrogens (primary N) is 1. The minimum atomic E-state index is -3.62. The van der Waals surface area contributed by atoms with Crippen molar-refractivity contribution in [3.63, 3.8) is 0 Å². The van der Waals surface area contributed by atoms with Gasteiger partial charge in [-0.2, -0.15) is 0 Å². The SMILES string of the molecule is CC1(NS(=O)(=O)c2cccnc2NN)CCCCC1. The highest BCUT2D eigenvalue weighted by Crippen LogP contribution is 2.30. The number of rotatable bonds is 4. The molecular formula is C12H20N4O2S. The molecule has 1 aromatic heterocycles. The van der Waals surface area contributed by atoms with E-state index in [1.807, 2.05) is 6.92 Å². The van der Waals surface area contributed by atoms with E-state index in [4.69, 9.17) is 5.84 Å². The third kappa shape index (κ3) is 3.23. The largest absolute Gasteiger partial charge is 0.307 e. The first kappa shape index (κ1) is 14.2. The highest BCUT2D eigenvalue weighted by atomic mass is 32.2. The Hall–Kier alpha value is -1.18.